The number of rotatable bonds is 7. The molecule has 164 valence electrons. The van der Waals surface area contributed by atoms with Gasteiger partial charge in [0.1, 0.15) is 0 Å². The SMILES string of the molecule is COCCn1c(NC(=O)c2ccc(C(C)(C)C)cc2)nc2cc(NC(=O)CBr)ccc21. The summed E-state index contributed by atoms with van der Waals surface area (Å²) in [6.07, 6.45) is 0. The van der Waals surface area contributed by atoms with Gasteiger partial charge in [0.15, 0.2) is 0 Å². The lowest BCUT2D eigenvalue weighted by atomic mass is 9.87. The molecule has 2 N–H and O–H groups in total. The molecule has 1 heterocycles. The second kappa shape index (κ2) is 9.62. The van der Waals surface area contributed by atoms with Crippen LogP contribution in [0.1, 0.15) is 36.7 Å². The fourth-order valence-corrected chi connectivity index (χ4v) is 3.34. The van der Waals surface area contributed by atoms with Gasteiger partial charge in [-0.15, -0.1) is 0 Å². The molecule has 2 aromatic carbocycles. The molecule has 0 saturated heterocycles. The summed E-state index contributed by atoms with van der Waals surface area (Å²) in [7, 11) is 1.63. The van der Waals surface area contributed by atoms with Gasteiger partial charge in [0.2, 0.25) is 11.9 Å². The van der Waals surface area contributed by atoms with E-state index in [-0.39, 0.29) is 22.6 Å². The van der Waals surface area contributed by atoms with Crippen LogP contribution >= 0.6 is 15.9 Å². The minimum absolute atomic E-state index is 0.0189. The number of halogens is 1. The number of anilines is 2. The third kappa shape index (κ3) is 5.51. The Balaban J connectivity index is 1.90. The van der Waals surface area contributed by atoms with E-state index >= 15 is 0 Å². The summed E-state index contributed by atoms with van der Waals surface area (Å²) in [6.45, 7) is 7.40. The van der Waals surface area contributed by atoms with Crippen LogP contribution in [-0.4, -0.2) is 40.4 Å². The molecule has 3 aromatic rings. The van der Waals surface area contributed by atoms with E-state index in [1.54, 1.807) is 13.2 Å². The highest BCUT2D eigenvalue weighted by Gasteiger charge is 2.17. The van der Waals surface area contributed by atoms with Crippen LogP contribution in [0.2, 0.25) is 0 Å². The van der Waals surface area contributed by atoms with Gasteiger partial charge < -0.3 is 14.6 Å². The largest absolute Gasteiger partial charge is 0.383 e. The lowest BCUT2D eigenvalue weighted by Gasteiger charge is -2.19. The summed E-state index contributed by atoms with van der Waals surface area (Å²) >= 11 is 3.14. The van der Waals surface area contributed by atoms with E-state index in [1.807, 2.05) is 41.0 Å². The van der Waals surface area contributed by atoms with Gasteiger partial charge in [0.05, 0.1) is 23.0 Å². The summed E-state index contributed by atoms with van der Waals surface area (Å²) < 4.78 is 7.12. The molecule has 0 bridgehead atoms. The van der Waals surface area contributed by atoms with Crippen LogP contribution < -0.4 is 10.6 Å². The first-order valence-electron chi connectivity index (χ1n) is 10.00. The van der Waals surface area contributed by atoms with E-state index in [0.717, 1.165) is 11.1 Å². The van der Waals surface area contributed by atoms with Crippen molar-refractivity contribution in [3.8, 4) is 0 Å². The monoisotopic (exact) mass is 486 g/mol. The molecule has 1 aromatic heterocycles. The molecule has 8 heteroatoms. The van der Waals surface area contributed by atoms with Crippen molar-refractivity contribution in [3.63, 3.8) is 0 Å². The minimum atomic E-state index is -0.234. The van der Waals surface area contributed by atoms with E-state index in [2.05, 4.69) is 52.3 Å². The molecule has 31 heavy (non-hydrogen) atoms. The Morgan fingerprint density at radius 2 is 1.81 bits per heavy atom. The quantitative estimate of drug-likeness (QED) is 0.479. The van der Waals surface area contributed by atoms with Gasteiger partial charge in [-0.1, -0.05) is 48.8 Å². The Kier molecular flexibility index (Phi) is 7.12. The summed E-state index contributed by atoms with van der Waals surface area (Å²) in [5.41, 5.74) is 3.89. The van der Waals surface area contributed by atoms with Crippen molar-refractivity contribution in [2.75, 3.05) is 29.7 Å². The molecule has 2 amide bonds. The Morgan fingerprint density at radius 3 is 2.42 bits per heavy atom. The number of carbonyl (C=O) groups is 2. The number of hydrogen-bond acceptors (Lipinski definition) is 4. The van der Waals surface area contributed by atoms with Gasteiger partial charge in [0.25, 0.3) is 5.91 Å². The van der Waals surface area contributed by atoms with Gasteiger partial charge in [-0.25, -0.2) is 4.98 Å². The Bertz CT molecular complexity index is 1080. The molecule has 0 spiro atoms. The highest BCUT2D eigenvalue weighted by Crippen LogP contribution is 2.25. The lowest BCUT2D eigenvalue weighted by molar-refractivity contribution is -0.113. The van der Waals surface area contributed by atoms with E-state index in [0.29, 0.717) is 35.9 Å². The molecule has 0 unspecified atom stereocenters. The smallest absolute Gasteiger partial charge is 0.257 e. The highest BCUT2D eigenvalue weighted by atomic mass is 79.9. The molecule has 0 radical (unpaired) electrons. The number of aromatic nitrogens is 2. The second-order valence-electron chi connectivity index (χ2n) is 8.25. The van der Waals surface area contributed by atoms with Crippen molar-refractivity contribution in [1.29, 1.82) is 0 Å². The van der Waals surface area contributed by atoms with Crippen LogP contribution in [0.25, 0.3) is 11.0 Å². The minimum Gasteiger partial charge on any atom is -0.383 e. The Morgan fingerprint density at radius 1 is 1.10 bits per heavy atom. The van der Waals surface area contributed by atoms with Crippen LogP contribution in [-0.2, 0) is 21.5 Å². The first-order valence-corrected chi connectivity index (χ1v) is 11.1. The van der Waals surface area contributed by atoms with Gasteiger partial charge in [-0.3, -0.25) is 14.9 Å². The van der Waals surface area contributed by atoms with Crippen molar-refractivity contribution in [3.05, 3.63) is 53.6 Å². The maximum atomic E-state index is 12.9. The van der Waals surface area contributed by atoms with Crippen molar-refractivity contribution in [2.45, 2.75) is 32.7 Å². The molecule has 3 rings (SSSR count). The summed E-state index contributed by atoms with van der Waals surface area (Å²) in [6, 6.07) is 13.1. The predicted molar refractivity (Wildman–Crippen MR) is 127 cm³/mol. The molecular formula is C23H27BrN4O3. The Hall–Kier alpha value is -2.71. The average Bonchev–Trinajstić information content (AvgIpc) is 3.07. The van der Waals surface area contributed by atoms with Gasteiger partial charge in [-0.2, -0.15) is 0 Å². The maximum Gasteiger partial charge on any atom is 0.257 e. The highest BCUT2D eigenvalue weighted by molar-refractivity contribution is 9.09. The van der Waals surface area contributed by atoms with Crippen molar-refractivity contribution < 1.29 is 14.3 Å². The number of carbonyl (C=O) groups excluding carboxylic acids is 2. The standard InChI is InChI=1S/C23H27BrN4O3/c1-23(2,3)16-7-5-15(6-8-16)21(30)27-22-26-18-13-17(25-20(29)14-24)9-10-19(18)28(22)11-12-31-4/h5-10,13H,11-12,14H2,1-4H3,(H,25,29)(H,26,27,30). The van der Waals surface area contributed by atoms with Crippen LogP contribution in [0.15, 0.2) is 42.5 Å². The number of nitrogens with one attached hydrogen (secondary N) is 2. The van der Waals surface area contributed by atoms with E-state index in [1.165, 1.54) is 0 Å². The first-order chi connectivity index (χ1) is 14.7. The Labute approximate surface area is 190 Å². The number of amides is 2. The number of nitrogens with zero attached hydrogens (tertiary/aromatic N) is 2. The summed E-state index contributed by atoms with van der Waals surface area (Å²) in [5.74, 6) is 0.0496. The molecule has 0 atom stereocenters. The number of hydrogen-bond donors (Lipinski definition) is 2. The molecule has 0 aliphatic carbocycles. The van der Waals surface area contributed by atoms with Gasteiger partial charge in [0, 0.05) is 24.9 Å². The molecular weight excluding hydrogens is 460 g/mol. The second-order valence-corrected chi connectivity index (χ2v) is 8.81. The zero-order valence-corrected chi connectivity index (χ0v) is 19.7. The first kappa shape index (κ1) is 23.0. The third-order valence-corrected chi connectivity index (χ3v) is 5.42. The third-order valence-electron chi connectivity index (χ3n) is 4.91. The molecule has 0 aliphatic rings. The molecule has 0 fully saturated rings. The number of benzene rings is 2. The van der Waals surface area contributed by atoms with Crippen LogP contribution in [0.3, 0.4) is 0 Å². The summed E-state index contributed by atoms with van der Waals surface area (Å²) in [5, 5.41) is 5.92. The molecule has 7 nitrogen and oxygen atoms in total. The lowest BCUT2D eigenvalue weighted by Crippen LogP contribution is -2.18. The van der Waals surface area contributed by atoms with Gasteiger partial charge >= 0.3 is 0 Å². The fraction of sp³-hybridized carbons (Fsp3) is 0.348. The number of imidazole rings is 1. The van der Waals surface area contributed by atoms with Crippen LogP contribution in [0.4, 0.5) is 11.6 Å². The zero-order valence-electron chi connectivity index (χ0n) is 18.2. The number of methoxy groups -OCH3 is 1. The zero-order chi connectivity index (χ0) is 22.6. The topological polar surface area (TPSA) is 85.2 Å². The maximum absolute atomic E-state index is 12.9. The number of alkyl halides is 1. The van der Waals surface area contributed by atoms with Gasteiger partial charge in [-0.05, 0) is 41.3 Å². The average molecular weight is 487 g/mol. The molecule has 0 aliphatic heterocycles. The van der Waals surface area contributed by atoms with E-state index in [4.69, 9.17) is 4.74 Å². The van der Waals surface area contributed by atoms with Crippen LogP contribution in [0, 0.1) is 0 Å². The normalized spacial score (nSPS) is 11.5. The van der Waals surface area contributed by atoms with Crippen molar-refractivity contribution in [1.82, 2.24) is 9.55 Å². The van der Waals surface area contributed by atoms with E-state index in [9.17, 15) is 9.59 Å². The fourth-order valence-electron chi connectivity index (χ4n) is 3.20. The number of ether oxygens (including phenoxy) is 1. The number of fused-ring (bicyclic) bond motifs is 1. The predicted octanol–water partition coefficient (Wildman–Crippen LogP) is 4.57. The van der Waals surface area contributed by atoms with Crippen LogP contribution in [0.5, 0.6) is 0 Å². The summed E-state index contributed by atoms with van der Waals surface area (Å²) in [4.78, 5) is 29.1. The molecule has 0 saturated carbocycles. The van der Waals surface area contributed by atoms with E-state index < -0.39 is 0 Å². The van der Waals surface area contributed by atoms with Crippen molar-refractivity contribution >= 4 is 50.4 Å². The van der Waals surface area contributed by atoms with Crippen molar-refractivity contribution in [2.24, 2.45) is 0 Å².